The summed E-state index contributed by atoms with van der Waals surface area (Å²) in [7, 11) is 0. The number of aromatic nitrogens is 1. The largest absolute Gasteiger partial charge is 0.480 e. The van der Waals surface area contributed by atoms with E-state index in [-0.39, 0.29) is 11.3 Å². The number of carbonyl (C=O) groups is 2. The first-order chi connectivity index (χ1) is 9.16. The quantitative estimate of drug-likeness (QED) is 0.876. The van der Waals surface area contributed by atoms with Crippen molar-refractivity contribution in [3.05, 3.63) is 15.6 Å². The fourth-order valence-corrected chi connectivity index (χ4v) is 2.72. The number of carboxylic acid groups (broad SMARTS) is 1. The summed E-state index contributed by atoms with van der Waals surface area (Å²) >= 11 is 1.33. The summed E-state index contributed by atoms with van der Waals surface area (Å²) in [5.41, 5.74) is 0.530. The molecule has 2 N–H and O–H groups in total. The molecule has 0 aliphatic carbocycles. The molecule has 0 spiro atoms. The van der Waals surface area contributed by atoms with Crippen molar-refractivity contribution < 1.29 is 14.7 Å². The molecule has 5 nitrogen and oxygen atoms in total. The van der Waals surface area contributed by atoms with Crippen LogP contribution in [0, 0.1) is 6.92 Å². The van der Waals surface area contributed by atoms with E-state index in [1.165, 1.54) is 11.3 Å². The number of thiazole rings is 1. The number of nitrogens with zero attached hydrogens (tertiary/aromatic N) is 1. The minimum absolute atomic E-state index is 0.121. The van der Waals surface area contributed by atoms with E-state index in [0.29, 0.717) is 23.4 Å². The molecule has 6 heteroatoms. The molecule has 1 atom stereocenters. The van der Waals surface area contributed by atoms with Crippen LogP contribution in [0.2, 0.25) is 0 Å². The standard InChI is InChI=1S/C14H22N2O3S/c1-6-7-9(12(18)19)16-11(17)10-8(2)15-13(20-10)14(3,4)5/h9H,6-7H2,1-5H3,(H,16,17)(H,18,19). The van der Waals surface area contributed by atoms with Crippen LogP contribution in [-0.2, 0) is 10.2 Å². The summed E-state index contributed by atoms with van der Waals surface area (Å²) in [6.45, 7) is 9.76. The number of carbonyl (C=O) groups excluding carboxylic acids is 1. The lowest BCUT2D eigenvalue weighted by Gasteiger charge is -2.14. The topological polar surface area (TPSA) is 79.3 Å². The zero-order valence-corrected chi connectivity index (χ0v) is 13.4. The molecule has 1 aromatic heterocycles. The number of amides is 1. The lowest BCUT2D eigenvalue weighted by molar-refractivity contribution is -0.139. The van der Waals surface area contributed by atoms with Gasteiger partial charge in [-0.25, -0.2) is 9.78 Å². The number of nitrogens with one attached hydrogen (secondary N) is 1. The fourth-order valence-electron chi connectivity index (χ4n) is 1.70. The van der Waals surface area contributed by atoms with Gasteiger partial charge in [0, 0.05) is 5.41 Å². The van der Waals surface area contributed by atoms with Crippen LogP contribution < -0.4 is 5.32 Å². The highest BCUT2D eigenvalue weighted by Crippen LogP contribution is 2.29. The number of aliphatic carboxylic acids is 1. The first kappa shape index (κ1) is 16.6. The van der Waals surface area contributed by atoms with Crippen LogP contribution >= 0.6 is 11.3 Å². The van der Waals surface area contributed by atoms with E-state index in [2.05, 4.69) is 10.3 Å². The van der Waals surface area contributed by atoms with E-state index in [1.54, 1.807) is 6.92 Å². The van der Waals surface area contributed by atoms with Gasteiger partial charge in [0.2, 0.25) is 0 Å². The van der Waals surface area contributed by atoms with Crippen LogP contribution in [0.1, 0.15) is 60.9 Å². The molecular weight excluding hydrogens is 276 g/mol. The monoisotopic (exact) mass is 298 g/mol. The molecule has 0 saturated heterocycles. The van der Waals surface area contributed by atoms with E-state index in [9.17, 15) is 9.59 Å². The third-order valence-corrected chi connectivity index (χ3v) is 4.41. The van der Waals surface area contributed by atoms with Gasteiger partial charge in [-0.05, 0) is 13.3 Å². The summed E-state index contributed by atoms with van der Waals surface area (Å²) in [4.78, 5) is 28.2. The highest BCUT2D eigenvalue weighted by molar-refractivity contribution is 7.14. The molecule has 0 radical (unpaired) electrons. The molecule has 1 aromatic rings. The van der Waals surface area contributed by atoms with E-state index in [1.807, 2.05) is 27.7 Å². The smallest absolute Gasteiger partial charge is 0.326 e. The molecule has 1 unspecified atom stereocenters. The third kappa shape index (κ3) is 4.03. The number of hydrogen-bond donors (Lipinski definition) is 2. The molecule has 0 aromatic carbocycles. The predicted octanol–water partition coefficient (Wildman–Crippen LogP) is 2.73. The lowest BCUT2D eigenvalue weighted by Crippen LogP contribution is -2.40. The molecule has 1 heterocycles. The molecule has 20 heavy (non-hydrogen) atoms. The molecule has 0 aliphatic rings. The van der Waals surface area contributed by atoms with Crippen LogP contribution in [0.15, 0.2) is 0 Å². The van der Waals surface area contributed by atoms with Gasteiger partial charge in [-0.1, -0.05) is 34.1 Å². The molecule has 1 rings (SSSR count). The Bertz CT molecular complexity index is 503. The highest BCUT2D eigenvalue weighted by atomic mass is 32.1. The van der Waals surface area contributed by atoms with Gasteiger partial charge in [-0.15, -0.1) is 11.3 Å². The fraction of sp³-hybridized carbons (Fsp3) is 0.643. The molecule has 0 fully saturated rings. The van der Waals surface area contributed by atoms with Gasteiger partial charge in [-0.2, -0.15) is 0 Å². The maximum Gasteiger partial charge on any atom is 0.326 e. The van der Waals surface area contributed by atoms with Crippen LogP contribution in [0.3, 0.4) is 0 Å². The van der Waals surface area contributed by atoms with Gasteiger partial charge in [0.05, 0.1) is 10.7 Å². The van der Waals surface area contributed by atoms with Crippen molar-refractivity contribution in [2.75, 3.05) is 0 Å². The van der Waals surface area contributed by atoms with Crippen molar-refractivity contribution >= 4 is 23.2 Å². The number of hydrogen-bond acceptors (Lipinski definition) is 4. The SMILES string of the molecule is CCCC(NC(=O)c1sc(C(C)(C)C)nc1C)C(=O)O. The number of carboxylic acids is 1. The zero-order chi connectivity index (χ0) is 15.5. The number of rotatable bonds is 5. The second-order valence-corrected chi connectivity index (χ2v) is 6.84. The van der Waals surface area contributed by atoms with Crippen LogP contribution in [0.25, 0.3) is 0 Å². The van der Waals surface area contributed by atoms with Crippen molar-refractivity contribution in [2.24, 2.45) is 0 Å². The summed E-state index contributed by atoms with van der Waals surface area (Å²) in [6, 6.07) is -0.841. The van der Waals surface area contributed by atoms with Crippen LogP contribution in [0.4, 0.5) is 0 Å². The van der Waals surface area contributed by atoms with Crippen LogP contribution in [0.5, 0.6) is 0 Å². The zero-order valence-electron chi connectivity index (χ0n) is 12.6. The molecular formula is C14H22N2O3S. The van der Waals surface area contributed by atoms with E-state index in [4.69, 9.17) is 5.11 Å². The normalized spacial score (nSPS) is 13.1. The predicted molar refractivity (Wildman–Crippen MR) is 79.3 cm³/mol. The number of aryl methyl sites for hydroxylation is 1. The molecule has 0 aliphatic heterocycles. The Morgan fingerprint density at radius 1 is 1.40 bits per heavy atom. The second kappa shape index (κ2) is 6.35. The lowest BCUT2D eigenvalue weighted by atomic mass is 9.98. The van der Waals surface area contributed by atoms with Gasteiger partial charge in [-0.3, -0.25) is 4.79 Å². The summed E-state index contributed by atoms with van der Waals surface area (Å²) < 4.78 is 0. The van der Waals surface area contributed by atoms with Crippen molar-refractivity contribution in [1.29, 1.82) is 0 Å². The first-order valence-corrected chi connectivity index (χ1v) is 7.50. The Kier molecular flexibility index (Phi) is 5.28. The van der Waals surface area contributed by atoms with E-state index < -0.39 is 12.0 Å². The van der Waals surface area contributed by atoms with Gasteiger partial charge < -0.3 is 10.4 Å². The van der Waals surface area contributed by atoms with Crippen molar-refractivity contribution in [2.45, 2.75) is 58.9 Å². The first-order valence-electron chi connectivity index (χ1n) is 6.68. The van der Waals surface area contributed by atoms with Crippen molar-refractivity contribution in [1.82, 2.24) is 10.3 Å². The van der Waals surface area contributed by atoms with Gasteiger partial charge in [0.1, 0.15) is 10.9 Å². The van der Waals surface area contributed by atoms with Crippen LogP contribution in [-0.4, -0.2) is 28.0 Å². The molecule has 1 amide bonds. The minimum atomic E-state index is -1.00. The third-order valence-electron chi connectivity index (χ3n) is 2.83. The van der Waals surface area contributed by atoms with Gasteiger partial charge >= 0.3 is 5.97 Å². The van der Waals surface area contributed by atoms with Gasteiger partial charge in [0.25, 0.3) is 5.91 Å². The minimum Gasteiger partial charge on any atom is -0.480 e. The second-order valence-electron chi connectivity index (χ2n) is 5.84. The maximum absolute atomic E-state index is 12.2. The average Bonchev–Trinajstić information content (AvgIpc) is 2.70. The molecule has 0 saturated carbocycles. The average molecular weight is 298 g/mol. The molecule has 0 bridgehead atoms. The maximum atomic E-state index is 12.2. The van der Waals surface area contributed by atoms with E-state index >= 15 is 0 Å². The Hall–Kier alpha value is -1.43. The Morgan fingerprint density at radius 3 is 2.40 bits per heavy atom. The Balaban J connectivity index is 2.92. The summed E-state index contributed by atoms with van der Waals surface area (Å²) in [6.07, 6.45) is 1.12. The molecule has 112 valence electrons. The summed E-state index contributed by atoms with van der Waals surface area (Å²) in [5.74, 6) is -1.35. The van der Waals surface area contributed by atoms with E-state index in [0.717, 1.165) is 5.01 Å². The van der Waals surface area contributed by atoms with Gasteiger partial charge in [0.15, 0.2) is 0 Å². The summed E-state index contributed by atoms with van der Waals surface area (Å²) in [5, 5.41) is 12.5. The van der Waals surface area contributed by atoms with Crippen molar-refractivity contribution in [3.63, 3.8) is 0 Å². The van der Waals surface area contributed by atoms with Crippen molar-refractivity contribution in [3.8, 4) is 0 Å². The highest BCUT2D eigenvalue weighted by Gasteiger charge is 2.25. The Labute approximate surface area is 123 Å². The Morgan fingerprint density at radius 2 is 2.00 bits per heavy atom.